The van der Waals surface area contributed by atoms with Crippen LogP contribution in [0.1, 0.15) is 58.3 Å². The smallest absolute Gasteiger partial charge is 0.0576 e. The van der Waals surface area contributed by atoms with Crippen molar-refractivity contribution in [3.05, 3.63) is 0 Å². The van der Waals surface area contributed by atoms with Crippen molar-refractivity contribution in [3.8, 4) is 0 Å². The van der Waals surface area contributed by atoms with Crippen LogP contribution in [0.3, 0.4) is 0 Å². The first-order valence-electron chi connectivity index (χ1n) is 7.19. The van der Waals surface area contributed by atoms with Crippen LogP contribution in [0.4, 0.5) is 0 Å². The van der Waals surface area contributed by atoms with E-state index in [2.05, 4.69) is 12.2 Å². The molecule has 94 valence electrons. The van der Waals surface area contributed by atoms with Gasteiger partial charge in [0.05, 0.1) is 6.10 Å². The van der Waals surface area contributed by atoms with Crippen LogP contribution >= 0.6 is 0 Å². The molecule has 3 unspecified atom stereocenters. The highest BCUT2D eigenvalue weighted by atomic mass is 16.5. The van der Waals surface area contributed by atoms with Gasteiger partial charge in [-0.15, -0.1) is 0 Å². The Morgan fingerprint density at radius 1 is 1.19 bits per heavy atom. The lowest BCUT2D eigenvalue weighted by atomic mass is 9.87. The van der Waals surface area contributed by atoms with Crippen molar-refractivity contribution in [2.75, 3.05) is 13.2 Å². The molecule has 1 saturated carbocycles. The lowest BCUT2D eigenvalue weighted by Gasteiger charge is -2.27. The van der Waals surface area contributed by atoms with E-state index in [1.807, 2.05) is 0 Å². The van der Waals surface area contributed by atoms with Crippen molar-refractivity contribution in [2.24, 2.45) is 5.92 Å². The third-order valence-electron chi connectivity index (χ3n) is 4.10. The molecule has 0 aromatic rings. The minimum absolute atomic E-state index is 0.576. The summed E-state index contributed by atoms with van der Waals surface area (Å²) in [6.07, 6.45) is 11.3. The second-order valence-corrected chi connectivity index (χ2v) is 5.70. The van der Waals surface area contributed by atoms with E-state index in [-0.39, 0.29) is 0 Å². The van der Waals surface area contributed by atoms with Crippen molar-refractivity contribution in [1.29, 1.82) is 0 Å². The minimum atomic E-state index is 0.576. The summed E-state index contributed by atoms with van der Waals surface area (Å²) in [5.74, 6) is 0.935. The fourth-order valence-electron chi connectivity index (χ4n) is 3.13. The van der Waals surface area contributed by atoms with Crippen molar-refractivity contribution in [3.63, 3.8) is 0 Å². The topological polar surface area (TPSA) is 21.3 Å². The fourth-order valence-corrected chi connectivity index (χ4v) is 3.13. The van der Waals surface area contributed by atoms with E-state index in [0.717, 1.165) is 18.6 Å². The highest BCUT2D eigenvalue weighted by molar-refractivity contribution is 4.76. The summed E-state index contributed by atoms with van der Waals surface area (Å²) in [6, 6.07) is 0.799. The van der Waals surface area contributed by atoms with Crippen LogP contribution in [-0.2, 0) is 4.74 Å². The van der Waals surface area contributed by atoms with E-state index < -0.39 is 0 Å². The summed E-state index contributed by atoms with van der Waals surface area (Å²) in [7, 11) is 0. The van der Waals surface area contributed by atoms with Crippen molar-refractivity contribution < 1.29 is 4.74 Å². The van der Waals surface area contributed by atoms with Crippen LogP contribution in [0, 0.1) is 5.92 Å². The maximum atomic E-state index is 5.63. The predicted molar refractivity (Wildman–Crippen MR) is 67.6 cm³/mol. The van der Waals surface area contributed by atoms with Crippen molar-refractivity contribution >= 4 is 0 Å². The molecular weight excluding hydrogens is 198 g/mol. The average molecular weight is 225 g/mol. The highest BCUT2D eigenvalue weighted by Crippen LogP contribution is 2.23. The molecule has 1 aliphatic carbocycles. The van der Waals surface area contributed by atoms with E-state index >= 15 is 0 Å². The van der Waals surface area contributed by atoms with Gasteiger partial charge in [0.2, 0.25) is 0 Å². The second-order valence-electron chi connectivity index (χ2n) is 5.70. The van der Waals surface area contributed by atoms with Gasteiger partial charge in [-0.2, -0.15) is 0 Å². The molecule has 2 fully saturated rings. The first-order chi connectivity index (χ1) is 7.84. The number of ether oxygens (including phenoxy) is 1. The molecule has 2 heteroatoms. The van der Waals surface area contributed by atoms with Crippen LogP contribution in [0.2, 0.25) is 0 Å². The summed E-state index contributed by atoms with van der Waals surface area (Å²) in [6.45, 7) is 4.58. The second kappa shape index (κ2) is 6.61. The number of nitrogens with one attached hydrogen (secondary N) is 1. The summed E-state index contributed by atoms with van der Waals surface area (Å²) in [5, 5.41) is 3.72. The Balaban J connectivity index is 1.50. The SMILES string of the molecule is CC1CCCC(NCCCC2CCCO2)C1. The molecule has 1 saturated heterocycles. The summed E-state index contributed by atoms with van der Waals surface area (Å²) in [5.41, 5.74) is 0. The van der Waals surface area contributed by atoms with Gasteiger partial charge >= 0.3 is 0 Å². The molecule has 0 aromatic carbocycles. The van der Waals surface area contributed by atoms with Gasteiger partial charge in [-0.25, -0.2) is 0 Å². The van der Waals surface area contributed by atoms with Gasteiger partial charge in [0.15, 0.2) is 0 Å². The number of rotatable bonds is 5. The molecule has 16 heavy (non-hydrogen) atoms. The maximum Gasteiger partial charge on any atom is 0.0576 e. The van der Waals surface area contributed by atoms with Gasteiger partial charge in [-0.3, -0.25) is 0 Å². The Bertz CT molecular complexity index is 189. The normalized spacial score (nSPS) is 35.4. The molecule has 1 aliphatic heterocycles. The first kappa shape index (κ1) is 12.4. The molecule has 0 amide bonds. The van der Waals surface area contributed by atoms with E-state index in [4.69, 9.17) is 4.74 Å². The van der Waals surface area contributed by atoms with Gasteiger partial charge in [0, 0.05) is 12.6 Å². The van der Waals surface area contributed by atoms with Crippen LogP contribution in [-0.4, -0.2) is 25.3 Å². The van der Waals surface area contributed by atoms with Crippen molar-refractivity contribution in [2.45, 2.75) is 70.4 Å². The zero-order chi connectivity index (χ0) is 11.2. The Hall–Kier alpha value is -0.0800. The molecule has 0 radical (unpaired) electrons. The minimum Gasteiger partial charge on any atom is -0.378 e. The van der Waals surface area contributed by atoms with Gasteiger partial charge < -0.3 is 10.1 Å². The van der Waals surface area contributed by atoms with Crippen LogP contribution in [0.25, 0.3) is 0 Å². The molecule has 2 rings (SSSR count). The van der Waals surface area contributed by atoms with Gasteiger partial charge in [-0.1, -0.05) is 19.8 Å². The molecule has 2 aliphatic rings. The fraction of sp³-hybridized carbons (Fsp3) is 1.00. The Morgan fingerprint density at radius 3 is 2.88 bits per heavy atom. The lowest BCUT2D eigenvalue weighted by molar-refractivity contribution is 0.102. The molecule has 1 heterocycles. The molecule has 0 aromatic heterocycles. The monoisotopic (exact) mass is 225 g/mol. The van der Waals surface area contributed by atoms with Crippen molar-refractivity contribution in [1.82, 2.24) is 5.32 Å². The van der Waals surface area contributed by atoms with E-state index in [1.165, 1.54) is 57.9 Å². The van der Waals surface area contributed by atoms with E-state index in [0.29, 0.717) is 6.10 Å². The van der Waals surface area contributed by atoms with E-state index in [1.54, 1.807) is 0 Å². The van der Waals surface area contributed by atoms with Crippen LogP contribution in [0.5, 0.6) is 0 Å². The molecular formula is C14H27NO. The predicted octanol–water partition coefficient (Wildman–Crippen LogP) is 3.11. The molecule has 2 nitrogen and oxygen atoms in total. The summed E-state index contributed by atoms with van der Waals surface area (Å²) in [4.78, 5) is 0. The van der Waals surface area contributed by atoms with E-state index in [9.17, 15) is 0 Å². The molecule has 0 bridgehead atoms. The Labute approximate surface area is 100 Å². The number of hydrogen-bond acceptors (Lipinski definition) is 2. The standard InChI is InChI=1S/C14H27NO/c1-12-5-2-6-13(11-12)15-9-3-7-14-8-4-10-16-14/h12-15H,2-11H2,1H3. The number of hydrogen-bond donors (Lipinski definition) is 1. The van der Waals surface area contributed by atoms with Gasteiger partial charge in [0.25, 0.3) is 0 Å². The molecule has 0 spiro atoms. The molecule has 3 atom stereocenters. The van der Waals surface area contributed by atoms with Crippen LogP contribution in [0.15, 0.2) is 0 Å². The third kappa shape index (κ3) is 4.06. The Morgan fingerprint density at radius 2 is 2.12 bits per heavy atom. The maximum absolute atomic E-state index is 5.63. The van der Waals surface area contributed by atoms with Crippen LogP contribution < -0.4 is 5.32 Å². The average Bonchev–Trinajstić information content (AvgIpc) is 2.77. The highest BCUT2D eigenvalue weighted by Gasteiger charge is 2.18. The van der Waals surface area contributed by atoms with Gasteiger partial charge in [-0.05, 0) is 51.0 Å². The third-order valence-corrected chi connectivity index (χ3v) is 4.10. The summed E-state index contributed by atoms with van der Waals surface area (Å²) < 4.78 is 5.63. The Kier molecular flexibility index (Phi) is 5.11. The largest absolute Gasteiger partial charge is 0.378 e. The zero-order valence-corrected chi connectivity index (χ0v) is 10.7. The molecule has 1 N–H and O–H groups in total. The zero-order valence-electron chi connectivity index (χ0n) is 10.7. The van der Waals surface area contributed by atoms with Gasteiger partial charge in [0.1, 0.15) is 0 Å². The summed E-state index contributed by atoms with van der Waals surface area (Å²) >= 11 is 0. The quantitative estimate of drug-likeness (QED) is 0.726. The lowest BCUT2D eigenvalue weighted by Crippen LogP contribution is -2.34. The first-order valence-corrected chi connectivity index (χ1v) is 7.19.